The molecule has 3 nitrogen and oxygen atoms in total. The summed E-state index contributed by atoms with van der Waals surface area (Å²) in [5, 5.41) is 4.20. The second kappa shape index (κ2) is 9.91. The molecule has 1 N–H and O–H groups in total. The number of hydrogen-bond acceptors (Lipinski definition) is 3. The van der Waals surface area contributed by atoms with Crippen molar-refractivity contribution in [1.82, 2.24) is 5.32 Å². The number of methoxy groups -OCH3 is 2. The normalized spacial score (nSPS) is 11.0. The van der Waals surface area contributed by atoms with E-state index in [0.717, 1.165) is 35.7 Å². The monoisotopic (exact) mass is 313 g/mol. The maximum Gasteiger partial charge on any atom is 0.162 e. The van der Waals surface area contributed by atoms with Gasteiger partial charge in [-0.2, -0.15) is 0 Å². The molecule has 0 spiro atoms. The van der Waals surface area contributed by atoms with Crippen LogP contribution in [0.2, 0.25) is 5.02 Å². The molecule has 0 aromatic heterocycles. The summed E-state index contributed by atoms with van der Waals surface area (Å²) < 4.78 is 10.6. The van der Waals surface area contributed by atoms with Gasteiger partial charge >= 0.3 is 0 Å². The van der Waals surface area contributed by atoms with Gasteiger partial charge in [0.25, 0.3) is 0 Å². The first-order chi connectivity index (χ1) is 10.1. The fourth-order valence-electron chi connectivity index (χ4n) is 2.27. The van der Waals surface area contributed by atoms with Crippen LogP contribution in [-0.4, -0.2) is 26.8 Å². The Morgan fingerprint density at radius 1 is 1.00 bits per heavy atom. The molecule has 4 heteroatoms. The third kappa shape index (κ3) is 6.58. The van der Waals surface area contributed by atoms with E-state index in [0.29, 0.717) is 11.8 Å². The molecule has 0 radical (unpaired) electrons. The van der Waals surface area contributed by atoms with E-state index in [4.69, 9.17) is 21.1 Å². The van der Waals surface area contributed by atoms with Gasteiger partial charge in [0.2, 0.25) is 0 Å². The SMILES string of the molecule is COc1cc(Cl)c(CCCCCCNC(C)C)cc1OC. The Morgan fingerprint density at radius 2 is 1.62 bits per heavy atom. The van der Waals surface area contributed by atoms with E-state index in [1.807, 2.05) is 12.1 Å². The van der Waals surface area contributed by atoms with Crippen LogP contribution in [0.5, 0.6) is 11.5 Å². The number of ether oxygens (including phenoxy) is 2. The van der Waals surface area contributed by atoms with Crippen molar-refractivity contribution in [3.8, 4) is 11.5 Å². The van der Waals surface area contributed by atoms with Gasteiger partial charge in [-0.05, 0) is 37.4 Å². The number of rotatable bonds is 10. The van der Waals surface area contributed by atoms with Gasteiger partial charge in [0.05, 0.1) is 14.2 Å². The first-order valence-electron chi connectivity index (χ1n) is 7.72. The number of aryl methyl sites for hydroxylation is 1. The van der Waals surface area contributed by atoms with Crippen molar-refractivity contribution < 1.29 is 9.47 Å². The third-order valence-electron chi connectivity index (χ3n) is 3.48. The van der Waals surface area contributed by atoms with Crippen LogP contribution >= 0.6 is 11.6 Å². The molecule has 0 bridgehead atoms. The van der Waals surface area contributed by atoms with Gasteiger partial charge in [0.1, 0.15) is 0 Å². The summed E-state index contributed by atoms with van der Waals surface area (Å²) in [5.74, 6) is 1.43. The Bertz CT molecular complexity index is 421. The molecule has 0 aliphatic rings. The number of unbranched alkanes of at least 4 members (excludes halogenated alkanes) is 3. The molecule has 1 rings (SSSR count). The molecular weight excluding hydrogens is 286 g/mol. The van der Waals surface area contributed by atoms with Crippen molar-refractivity contribution in [3.63, 3.8) is 0 Å². The standard InChI is InChI=1S/C17H28ClNO2/c1-13(2)19-10-8-6-5-7-9-14-11-16(20-3)17(21-4)12-15(14)18/h11-13,19H,5-10H2,1-4H3. The van der Waals surface area contributed by atoms with E-state index >= 15 is 0 Å². The van der Waals surface area contributed by atoms with Crippen LogP contribution in [0, 0.1) is 0 Å². The molecule has 0 atom stereocenters. The lowest BCUT2D eigenvalue weighted by molar-refractivity contribution is 0.354. The maximum atomic E-state index is 6.29. The summed E-state index contributed by atoms with van der Waals surface area (Å²) in [5.41, 5.74) is 1.13. The number of benzene rings is 1. The van der Waals surface area contributed by atoms with Gasteiger partial charge in [-0.1, -0.05) is 38.3 Å². The average molecular weight is 314 g/mol. The highest BCUT2D eigenvalue weighted by Gasteiger charge is 2.09. The van der Waals surface area contributed by atoms with Gasteiger partial charge < -0.3 is 14.8 Å². The minimum Gasteiger partial charge on any atom is -0.493 e. The molecule has 1 aromatic carbocycles. The summed E-state index contributed by atoms with van der Waals surface area (Å²) in [6.45, 7) is 5.47. The molecule has 0 aliphatic heterocycles. The summed E-state index contributed by atoms with van der Waals surface area (Å²) in [6.07, 6.45) is 5.85. The number of halogens is 1. The van der Waals surface area contributed by atoms with Crippen LogP contribution in [0.15, 0.2) is 12.1 Å². The fourth-order valence-corrected chi connectivity index (χ4v) is 2.52. The lowest BCUT2D eigenvalue weighted by atomic mass is 10.1. The Kier molecular flexibility index (Phi) is 8.55. The topological polar surface area (TPSA) is 30.5 Å². The smallest absolute Gasteiger partial charge is 0.162 e. The quantitative estimate of drug-likeness (QED) is 0.647. The zero-order valence-corrected chi connectivity index (χ0v) is 14.4. The van der Waals surface area contributed by atoms with E-state index in [1.54, 1.807) is 14.2 Å². The Labute approximate surface area is 134 Å². The molecule has 0 fully saturated rings. The summed E-state index contributed by atoms with van der Waals surface area (Å²) in [7, 11) is 3.27. The number of hydrogen-bond donors (Lipinski definition) is 1. The van der Waals surface area contributed by atoms with Crippen LogP contribution in [0.1, 0.15) is 45.1 Å². The van der Waals surface area contributed by atoms with Crippen LogP contribution in [0.4, 0.5) is 0 Å². The molecule has 0 saturated carbocycles. The molecule has 21 heavy (non-hydrogen) atoms. The molecule has 120 valence electrons. The molecule has 1 aromatic rings. The van der Waals surface area contributed by atoms with Crippen molar-refractivity contribution in [2.75, 3.05) is 20.8 Å². The molecule has 0 amide bonds. The Balaban J connectivity index is 2.35. The minimum atomic E-state index is 0.579. The second-order valence-corrected chi connectivity index (χ2v) is 5.98. The largest absolute Gasteiger partial charge is 0.493 e. The molecule has 0 saturated heterocycles. The van der Waals surface area contributed by atoms with E-state index in [2.05, 4.69) is 19.2 Å². The summed E-state index contributed by atoms with van der Waals surface area (Å²) in [4.78, 5) is 0. The highest BCUT2D eigenvalue weighted by molar-refractivity contribution is 6.31. The fraction of sp³-hybridized carbons (Fsp3) is 0.647. The predicted molar refractivity (Wildman–Crippen MR) is 89.9 cm³/mol. The van der Waals surface area contributed by atoms with E-state index in [-0.39, 0.29) is 0 Å². The molecule has 0 unspecified atom stereocenters. The van der Waals surface area contributed by atoms with Crippen LogP contribution in [-0.2, 0) is 6.42 Å². The van der Waals surface area contributed by atoms with Gasteiger partial charge in [0, 0.05) is 17.1 Å². The van der Waals surface area contributed by atoms with Crippen molar-refractivity contribution in [1.29, 1.82) is 0 Å². The van der Waals surface area contributed by atoms with Gasteiger partial charge in [0.15, 0.2) is 11.5 Å². The summed E-state index contributed by atoms with van der Waals surface area (Å²) in [6, 6.07) is 4.40. The van der Waals surface area contributed by atoms with Crippen LogP contribution < -0.4 is 14.8 Å². The highest BCUT2D eigenvalue weighted by Crippen LogP contribution is 2.33. The Hall–Kier alpha value is -0.930. The number of nitrogens with one attached hydrogen (secondary N) is 1. The highest BCUT2D eigenvalue weighted by atomic mass is 35.5. The minimum absolute atomic E-state index is 0.579. The molecule has 0 heterocycles. The first-order valence-corrected chi connectivity index (χ1v) is 8.10. The van der Waals surface area contributed by atoms with Crippen LogP contribution in [0.3, 0.4) is 0 Å². The maximum absolute atomic E-state index is 6.29. The zero-order chi connectivity index (χ0) is 15.7. The molecular formula is C17H28ClNO2. The van der Waals surface area contributed by atoms with Gasteiger partial charge in [-0.25, -0.2) is 0 Å². The van der Waals surface area contributed by atoms with E-state index in [9.17, 15) is 0 Å². The Morgan fingerprint density at radius 3 is 2.24 bits per heavy atom. The first kappa shape index (κ1) is 18.1. The molecule has 0 aliphatic carbocycles. The summed E-state index contributed by atoms with van der Waals surface area (Å²) >= 11 is 6.29. The lowest BCUT2D eigenvalue weighted by Gasteiger charge is -2.12. The van der Waals surface area contributed by atoms with E-state index < -0.39 is 0 Å². The third-order valence-corrected chi connectivity index (χ3v) is 3.83. The predicted octanol–water partition coefficient (Wildman–Crippen LogP) is 4.46. The second-order valence-electron chi connectivity index (χ2n) is 5.57. The van der Waals surface area contributed by atoms with Crippen LogP contribution in [0.25, 0.3) is 0 Å². The lowest BCUT2D eigenvalue weighted by Crippen LogP contribution is -2.23. The van der Waals surface area contributed by atoms with Crippen molar-refractivity contribution in [2.45, 2.75) is 52.0 Å². The zero-order valence-electron chi connectivity index (χ0n) is 13.7. The van der Waals surface area contributed by atoms with Crippen molar-refractivity contribution in [3.05, 3.63) is 22.7 Å². The average Bonchev–Trinajstić information content (AvgIpc) is 2.46. The van der Waals surface area contributed by atoms with Gasteiger partial charge in [-0.3, -0.25) is 0 Å². The van der Waals surface area contributed by atoms with Gasteiger partial charge in [-0.15, -0.1) is 0 Å². The van der Waals surface area contributed by atoms with Crippen molar-refractivity contribution >= 4 is 11.6 Å². The van der Waals surface area contributed by atoms with E-state index in [1.165, 1.54) is 19.3 Å². The van der Waals surface area contributed by atoms with Crippen molar-refractivity contribution in [2.24, 2.45) is 0 Å².